The van der Waals surface area contributed by atoms with Crippen LogP contribution >= 0.6 is 15.9 Å². The van der Waals surface area contributed by atoms with Crippen LogP contribution in [0, 0.1) is 0 Å². The van der Waals surface area contributed by atoms with Crippen molar-refractivity contribution in [1.82, 2.24) is 4.98 Å². The molecule has 2 rings (SSSR count). The lowest BCUT2D eigenvalue weighted by molar-refractivity contribution is 0.0181. The lowest BCUT2D eigenvalue weighted by Crippen LogP contribution is -2.45. The number of ether oxygens (including phenoxy) is 1. The smallest absolute Gasteiger partial charge is 0.219 e. The molecule has 92 valence electrons. The molecular weight excluding hydrogens is 286 g/mol. The standard InChI is InChI=1S/C12H14BrNO3/c1-6(15)7-4-8-9(16)10(13)12(2,3)17-11(8)14-5-7/h4-5,9-10,16H,1-3H3/t9-,10+/m1/s1. The maximum Gasteiger partial charge on any atom is 0.219 e. The van der Waals surface area contributed by atoms with E-state index in [2.05, 4.69) is 20.9 Å². The first kappa shape index (κ1) is 12.5. The van der Waals surface area contributed by atoms with Crippen LogP contribution in [-0.4, -0.2) is 26.3 Å². The number of hydrogen-bond acceptors (Lipinski definition) is 4. The van der Waals surface area contributed by atoms with Crippen molar-refractivity contribution in [2.45, 2.75) is 37.3 Å². The number of halogens is 1. The Morgan fingerprint density at radius 2 is 2.24 bits per heavy atom. The second-order valence-electron chi connectivity index (χ2n) is 4.73. The zero-order valence-corrected chi connectivity index (χ0v) is 11.5. The molecule has 1 N–H and O–H groups in total. The van der Waals surface area contributed by atoms with Gasteiger partial charge in [-0.1, -0.05) is 15.9 Å². The highest BCUT2D eigenvalue weighted by atomic mass is 79.9. The first-order chi connectivity index (χ1) is 7.83. The molecule has 4 nitrogen and oxygen atoms in total. The zero-order valence-electron chi connectivity index (χ0n) is 9.90. The van der Waals surface area contributed by atoms with Crippen LogP contribution in [0.3, 0.4) is 0 Å². The highest BCUT2D eigenvalue weighted by molar-refractivity contribution is 9.09. The first-order valence-electron chi connectivity index (χ1n) is 5.35. The van der Waals surface area contributed by atoms with Crippen molar-refractivity contribution in [3.8, 4) is 5.88 Å². The van der Waals surface area contributed by atoms with E-state index in [0.29, 0.717) is 17.0 Å². The number of nitrogens with zero attached hydrogens (tertiary/aromatic N) is 1. The fourth-order valence-corrected chi connectivity index (χ4v) is 2.18. The molecular formula is C12H14BrNO3. The fourth-order valence-electron chi connectivity index (χ4n) is 1.80. The first-order valence-corrected chi connectivity index (χ1v) is 6.26. The lowest BCUT2D eigenvalue weighted by Gasteiger charge is -2.39. The minimum absolute atomic E-state index is 0.0801. The molecule has 0 saturated carbocycles. The van der Waals surface area contributed by atoms with Gasteiger partial charge in [0.1, 0.15) is 11.7 Å². The normalized spacial score (nSPS) is 25.9. The number of aliphatic hydroxyl groups is 1. The highest BCUT2D eigenvalue weighted by Gasteiger charge is 2.42. The topological polar surface area (TPSA) is 59.4 Å². The van der Waals surface area contributed by atoms with E-state index >= 15 is 0 Å². The number of ketones is 1. The third-order valence-corrected chi connectivity index (χ3v) is 4.51. The molecule has 1 aromatic rings. The zero-order chi connectivity index (χ0) is 12.8. The van der Waals surface area contributed by atoms with Crippen LogP contribution in [0.5, 0.6) is 5.88 Å². The maximum atomic E-state index is 11.3. The van der Waals surface area contributed by atoms with E-state index in [1.165, 1.54) is 13.1 Å². The molecule has 17 heavy (non-hydrogen) atoms. The van der Waals surface area contributed by atoms with Crippen LogP contribution in [0.4, 0.5) is 0 Å². The molecule has 1 aliphatic heterocycles. The molecule has 0 spiro atoms. The lowest BCUT2D eigenvalue weighted by atomic mass is 9.92. The Hall–Kier alpha value is -0.940. The van der Waals surface area contributed by atoms with E-state index in [4.69, 9.17) is 4.74 Å². The molecule has 0 bridgehead atoms. The van der Waals surface area contributed by atoms with Gasteiger partial charge in [0.25, 0.3) is 0 Å². The third-order valence-electron chi connectivity index (χ3n) is 2.91. The van der Waals surface area contributed by atoms with Gasteiger partial charge in [0.2, 0.25) is 5.88 Å². The summed E-state index contributed by atoms with van der Waals surface area (Å²) in [6.07, 6.45) is 0.735. The van der Waals surface area contributed by atoms with E-state index in [-0.39, 0.29) is 10.6 Å². The predicted molar refractivity (Wildman–Crippen MR) is 66.6 cm³/mol. The molecule has 5 heteroatoms. The Morgan fingerprint density at radius 3 is 2.82 bits per heavy atom. The average Bonchev–Trinajstić information content (AvgIpc) is 2.25. The van der Waals surface area contributed by atoms with Gasteiger partial charge in [-0.3, -0.25) is 4.79 Å². The summed E-state index contributed by atoms with van der Waals surface area (Å²) in [6, 6.07) is 1.64. The highest BCUT2D eigenvalue weighted by Crippen LogP contribution is 2.42. The van der Waals surface area contributed by atoms with Gasteiger partial charge in [-0.15, -0.1) is 0 Å². The molecule has 2 heterocycles. The molecule has 0 fully saturated rings. The summed E-state index contributed by atoms with van der Waals surface area (Å²) < 4.78 is 5.71. The number of hydrogen-bond donors (Lipinski definition) is 1. The Balaban J connectivity index is 2.50. The van der Waals surface area contributed by atoms with Crippen molar-refractivity contribution in [2.75, 3.05) is 0 Å². The second-order valence-corrected chi connectivity index (χ2v) is 5.71. The summed E-state index contributed by atoms with van der Waals surface area (Å²) in [4.78, 5) is 15.1. The third kappa shape index (κ3) is 2.09. The Bertz CT molecular complexity index is 473. The number of aliphatic hydroxyl groups excluding tert-OH is 1. The van der Waals surface area contributed by atoms with Gasteiger partial charge in [0, 0.05) is 17.3 Å². The van der Waals surface area contributed by atoms with Crippen molar-refractivity contribution in [2.24, 2.45) is 0 Å². The van der Waals surface area contributed by atoms with Gasteiger partial charge in [-0.25, -0.2) is 4.98 Å². The number of carbonyl (C=O) groups is 1. The summed E-state index contributed by atoms with van der Waals surface area (Å²) in [6.45, 7) is 5.22. The van der Waals surface area contributed by atoms with Crippen molar-refractivity contribution < 1.29 is 14.6 Å². The van der Waals surface area contributed by atoms with Crippen LogP contribution < -0.4 is 4.74 Å². The van der Waals surface area contributed by atoms with Gasteiger partial charge in [-0.05, 0) is 26.8 Å². The fraction of sp³-hybridized carbons (Fsp3) is 0.500. The van der Waals surface area contributed by atoms with Gasteiger partial charge in [0.05, 0.1) is 4.83 Å². The predicted octanol–water partition coefficient (Wildman–Crippen LogP) is 2.25. The number of Topliss-reactive ketones (excluding diaryl/α,β-unsaturated/α-hetero) is 1. The van der Waals surface area contributed by atoms with Crippen molar-refractivity contribution in [3.63, 3.8) is 0 Å². The molecule has 0 amide bonds. The Labute approximate surface area is 108 Å². The SMILES string of the molecule is CC(=O)c1cnc2c(c1)[C@@H](O)[C@H](Br)C(C)(C)O2. The summed E-state index contributed by atoms with van der Waals surface area (Å²) in [7, 11) is 0. The van der Waals surface area contributed by atoms with E-state index in [1.54, 1.807) is 6.07 Å². The van der Waals surface area contributed by atoms with Crippen LogP contribution in [0.1, 0.15) is 42.8 Å². The average molecular weight is 300 g/mol. The van der Waals surface area contributed by atoms with E-state index in [0.717, 1.165) is 0 Å². The summed E-state index contributed by atoms with van der Waals surface area (Å²) in [5, 5.41) is 10.2. The number of carbonyl (C=O) groups excluding carboxylic acids is 1. The van der Waals surface area contributed by atoms with Gasteiger partial charge in [0.15, 0.2) is 5.78 Å². The van der Waals surface area contributed by atoms with Crippen molar-refractivity contribution in [3.05, 3.63) is 23.4 Å². The maximum absolute atomic E-state index is 11.3. The molecule has 0 unspecified atom stereocenters. The molecule has 0 radical (unpaired) electrons. The summed E-state index contributed by atoms with van der Waals surface area (Å²) in [5.41, 5.74) is 0.488. The van der Waals surface area contributed by atoms with E-state index in [9.17, 15) is 9.90 Å². The second kappa shape index (κ2) is 4.07. The minimum atomic E-state index is -0.736. The Kier molecular flexibility index (Phi) is 2.99. The number of pyridine rings is 1. The molecule has 2 atom stereocenters. The van der Waals surface area contributed by atoms with E-state index < -0.39 is 11.7 Å². The van der Waals surface area contributed by atoms with Crippen LogP contribution in [0.25, 0.3) is 0 Å². The summed E-state index contributed by atoms with van der Waals surface area (Å²) in [5.74, 6) is 0.312. The molecule has 0 aliphatic carbocycles. The van der Waals surface area contributed by atoms with Crippen molar-refractivity contribution in [1.29, 1.82) is 0 Å². The summed E-state index contributed by atoms with van der Waals surface area (Å²) >= 11 is 3.42. The molecule has 1 aliphatic rings. The number of fused-ring (bicyclic) bond motifs is 1. The van der Waals surface area contributed by atoms with E-state index in [1.807, 2.05) is 13.8 Å². The molecule has 0 saturated heterocycles. The van der Waals surface area contributed by atoms with Crippen LogP contribution in [0.15, 0.2) is 12.3 Å². The van der Waals surface area contributed by atoms with Crippen LogP contribution in [-0.2, 0) is 0 Å². The quantitative estimate of drug-likeness (QED) is 0.638. The van der Waals surface area contributed by atoms with Gasteiger partial charge < -0.3 is 9.84 Å². The van der Waals surface area contributed by atoms with Gasteiger partial charge in [-0.2, -0.15) is 0 Å². The van der Waals surface area contributed by atoms with Crippen molar-refractivity contribution >= 4 is 21.7 Å². The largest absolute Gasteiger partial charge is 0.470 e. The number of rotatable bonds is 1. The monoisotopic (exact) mass is 299 g/mol. The minimum Gasteiger partial charge on any atom is -0.470 e. The number of aromatic nitrogens is 1. The number of alkyl halides is 1. The molecule has 0 aromatic carbocycles. The Morgan fingerprint density at radius 1 is 1.59 bits per heavy atom. The molecule has 1 aromatic heterocycles. The van der Waals surface area contributed by atoms with Gasteiger partial charge >= 0.3 is 0 Å². The van der Waals surface area contributed by atoms with Crippen LogP contribution in [0.2, 0.25) is 0 Å².